The third-order valence-electron chi connectivity index (χ3n) is 4.51. The zero-order valence-electron chi connectivity index (χ0n) is 14.5. The van der Waals surface area contributed by atoms with Crippen LogP contribution in [0.2, 0.25) is 0 Å². The number of aromatic nitrogens is 3. The van der Waals surface area contributed by atoms with Crippen LogP contribution in [-0.4, -0.2) is 38.7 Å². The van der Waals surface area contributed by atoms with E-state index in [2.05, 4.69) is 10.1 Å². The molecule has 4 rings (SSSR count). The Bertz CT molecular complexity index is 890. The van der Waals surface area contributed by atoms with Crippen molar-refractivity contribution in [2.24, 2.45) is 0 Å². The molecule has 4 heterocycles. The van der Waals surface area contributed by atoms with E-state index in [9.17, 15) is 4.79 Å². The normalized spacial score (nSPS) is 16.5. The molecule has 1 atom stereocenters. The van der Waals surface area contributed by atoms with Gasteiger partial charge in [0.1, 0.15) is 0 Å². The van der Waals surface area contributed by atoms with Crippen LogP contribution >= 0.6 is 11.3 Å². The van der Waals surface area contributed by atoms with Gasteiger partial charge in [-0.1, -0.05) is 6.07 Å². The first-order chi connectivity index (χ1) is 12.7. The summed E-state index contributed by atoms with van der Waals surface area (Å²) in [4.78, 5) is 19.9. The summed E-state index contributed by atoms with van der Waals surface area (Å²) in [5.74, 6) is 0.0830. The summed E-state index contributed by atoms with van der Waals surface area (Å²) in [6, 6.07) is 9.72. The van der Waals surface area contributed by atoms with Gasteiger partial charge in [0.15, 0.2) is 0 Å². The van der Waals surface area contributed by atoms with Crippen molar-refractivity contribution in [2.45, 2.75) is 26.1 Å². The van der Waals surface area contributed by atoms with Crippen molar-refractivity contribution in [1.82, 2.24) is 19.7 Å². The van der Waals surface area contributed by atoms with E-state index in [4.69, 9.17) is 4.74 Å². The van der Waals surface area contributed by atoms with Crippen molar-refractivity contribution in [1.29, 1.82) is 0 Å². The Balaban J connectivity index is 1.46. The van der Waals surface area contributed by atoms with E-state index in [1.165, 1.54) is 11.3 Å². The molecule has 0 aromatic carbocycles. The highest BCUT2D eigenvalue weighted by Crippen LogP contribution is 2.25. The van der Waals surface area contributed by atoms with Crippen LogP contribution < -0.4 is 0 Å². The third kappa shape index (κ3) is 3.40. The molecule has 26 heavy (non-hydrogen) atoms. The highest BCUT2D eigenvalue weighted by molar-refractivity contribution is 7.12. The number of hydrogen-bond acceptors (Lipinski definition) is 5. The second-order valence-corrected chi connectivity index (χ2v) is 7.29. The standard InChI is InChI=1S/C19H20N4O2S/c1-14-6-9-26-18(14)19(24)22-10-16-5-8-21-23(16)17(11-22)13-25-12-15-4-2-3-7-20-15/h2-9,17H,10-13H2,1H3/t17-/m1/s1. The Morgan fingerprint density at radius 3 is 3.00 bits per heavy atom. The first-order valence-electron chi connectivity index (χ1n) is 8.56. The maximum atomic E-state index is 12.9. The Hall–Kier alpha value is -2.51. The number of fused-ring (bicyclic) bond motifs is 1. The van der Waals surface area contributed by atoms with Gasteiger partial charge in [-0.2, -0.15) is 5.10 Å². The summed E-state index contributed by atoms with van der Waals surface area (Å²) in [5.41, 5.74) is 2.96. The first kappa shape index (κ1) is 16.9. The fourth-order valence-electron chi connectivity index (χ4n) is 3.18. The van der Waals surface area contributed by atoms with Crippen LogP contribution in [0.3, 0.4) is 0 Å². The molecule has 0 aliphatic carbocycles. The summed E-state index contributed by atoms with van der Waals surface area (Å²) in [6.07, 6.45) is 3.54. The van der Waals surface area contributed by atoms with Crippen molar-refractivity contribution in [3.63, 3.8) is 0 Å². The largest absolute Gasteiger partial charge is 0.373 e. The van der Waals surface area contributed by atoms with Crippen molar-refractivity contribution < 1.29 is 9.53 Å². The molecular formula is C19H20N4O2S. The zero-order valence-corrected chi connectivity index (χ0v) is 15.4. The van der Waals surface area contributed by atoms with Gasteiger partial charge in [-0.25, -0.2) is 0 Å². The maximum Gasteiger partial charge on any atom is 0.264 e. The van der Waals surface area contributed by atoms with Crippen LogP contribution in [0.1, 0.15) is 32.7 Å². The summed E-state index contributed by atoms with van der Waals surface area (Å²) in [6.45, 7) is 4.08. The van der Waals surface area contributed by atoms with Crippen LogP contribution in [0, 0.1) is 6.92 Å². The molecule has 0 radical (unpaired) electrons. The van der Waals surface area contributed by atoms with Crippen LogP contribution in [0.5, 0.6) is 0 Å². The van der Waals surface area contributed by atoms with Gasteiger partial charge in [-0.3, -0.25) is 14.5 Å². The fraction of sp³-hybridized carbons (Fsp3) is 0.316. The van der Waals surface area contributed by atoms with Crippen molar-refractivity contribution in [2.75, 3.05) is 13.2 Å². The second kappa shape index (κ2) is 7.39. The number of nitrogens with zero attached hydrogens (tertiary/aromatic N) is 4. The number of carbonyl (C=O) groups excluding carboxylic acids is 1. The molecule has 134 valence electrons. The van der Waals surface area contributed by atoms with Gasteiger partial charge in [0.05, 0.1) is 42.1 Å². The highest BCUT2D eigenvalue weighted by atomic mass is 32.1. The fourth-order valence-corrected chi connectivity index (χ4v) is 4.08. The molecule has 0 N–H and O–H groups in total. The van der Waals surface area contributed by atoms with E-state index >= 15 is 0 Å². The number of rotatable bonds is 5. The van der Waals surface area contributed by atoms with Gasteiger partial charge in [0.25, 0.3) is 5.91 Å². The molecule has 0 saturated heterocycles. The lowest BCUT2D eigenvalue weighted by molar-refractivity contribution is 0.0443. The predicted molar refractivity (Wildman–Crippen MR) is 99.0 cm³/mol. The molecule has 1 aliphatic heterocycles. The topological polar surface area (TPSA) is 60.2 Å². The monoisotopic (exact) mass is 368 g/mol. The molecule has 7 heteroatoms. The van der Waals surface area contributed by atoms with E-state index in [0.717, 1.165) is 21.8 Å². The lowest BCUT2D eigenvalue weighted by Crippen LogP contribution is -2.42. The number of aryl methyl sites for hydroxylation is 1. The third-order valence-corrected chi connectivity index (χ3v) is 5.52. The van der Waals surface area contributed by atoms with Gasteiger partial charge in [0.2, 0.25) is 0 Å². The minimum atomic E-state index is 0.00156. The Morgan fingerprint density at radius 1 is 1.31 bits per heavy atom. The molecule has 1 aliphatic rings. The number of amides is 1. The average molecular weight is 368 g/mol. The summed E-state index contributed by atoms with van der Waals surface area (Å²) >= 11 is 1.50. The van der Waals surface area contributed by atoms with E-state index in [-0.39, 0.29) is 11.9 Å². The number of hydrogen-bond donors (Lipinski definition) is 0. The average Bonchev–Trinajstić information content (AvgIpc) is 3.30. The minimum absolute atomic E-state index is 0.00156. The predicted octanol–water partition coefficient (Wildman–Crippen LogP) is 3.06. The molecule has 0 bridgehead atoms. The molecule has 6 nitrogen and oxygen atoms in total. The minimum Gasteiger partial charge on any atom is -0.373 e. The number of carbonyl (C=O) groups is 1. The van der Waals surface area contributed by atoms with E-state index in [1.54, 1.807) is 12.4 Å². The Morgan fingerprint density at radius 2 is 2.23 bits per heavy atom. The van der Waals surface area contributed by atoms with Gasteiger partial charge in [-0.15, -0.1) is 11.3 Å². The van der Waals surface area contributed by atoms with E-state index < -0.39 is 0 Å². The lowest BCUT2D eigenvalue weighted by atomic mass is 10.1. The lowest BCUT2D eigenvalue weighted by Gasteiger charge is -2.33. The maximum absolute atomic E-state index is 12.9. The molecular weight excluding hydrogens is 348 g/mol. The summed E-state index contributed by atoms with van der Waals surface area (Å²) < 4.78 is 7.84. The summed E-state index contributed by atoms with van der Waals surface area (Å²) in [5, 5.41) is 6.39. The van der Waals surface area contributed by atoms with Crippen molar-refractivity contribution in [3.05, 3.63) is 69.9 Å². The molecule has 0 unspecified atom stereocenters. The van der Waals surface area contributed by atoms with Gasteiger partial charge in [-0.05, 0) is 42.1 Å². The quantitative estimate of drug-likeness (QED) is 0.694. The van der Waals surface area contributed by atoms with Crippen LogP contribution in [-0.2, 0) is 17.9 Å². The number of thiophene rings is 1. The number of ether oxygens (including phenoxy) is 1. The first-order valence-corrected chi connectivity index (χ1v) is 9.44. The second-order valence-electron chi connectivity index (χ2n) is 6.38. The summed E-state index contributed by atoms with van der Waals surface area (Å²) in [7, 11) is 0. The van der Waals surface area contributed by atoms with Gasteiger partial charge < -0.3 is 9.64 Å². The van der Waals surface area contributed by atoms with E-state index in [0.29, 0.717) is 26.3 Å². The van der Waals surface area contributed by atoms with Crippen LogP contribution in [0.4, 0.5) is 0 Å². The zero-order chi connectivity index (χ0) is 17.9. The molecule has 0 spiro atoms. The highest BCUT2D eigenvalue weighted by Gasteiger charge is 2.30. The van der Waals surface area contributed by atoms with Crippen LogP contribution in [0.15, 0.2) is 48.1 Å². The molecule has 0 fully saturated rings. The van der Waals surface area contributed by atoms with Gasteiger partial charge >= 0.3 is 0 Å². The molecule has 1 amide bonds. The van der Waals surface area contributed by atoms with Crippen LogP contribution in [0.25, 0.3) is 0 Å². The molecule has 3 aromatic heterocycles. The molecule has 3 aromatic rings. The Kier molecular flexibility index (Phi) is 4.81. The smallest absolute Gasteiger partial charge is 0.264 e. The van der Waals surface area contributed by atoms with Gasteiger partial charge in [0, 0.05) is 18.9 Å². The Labute approximate surface area is 156 Å². The van der Waals surface area contributed by atoms with Crippen molar-refractivity contribution in [3.8, 4) is 0 Å². The van der Waals surface area contributed by atoms with Crippen molar-refractivity contribution >= 4 is 17.2 Å². The van der Waals surface area contributed by atoms with E-state index in [1.807, 2.05) is 52.2 Å². The number of pyridine rings is 1. The SMILES string of the molecule is Cc1ccsc1C(=O)N1Cc2ccnn2[C@@H](COCc2ccccn2)C1. The molecule has 0 saturated carbocycles.